The van der Waals surface area contributed by atoms with Gasteiger partial charge in [-0.05, 0) is 23.6 Å². The number of benzene rings is 1. The number of anilines is 1. The Hall–Kier alpha value is -2.00. The van der Waals surface area contributed by atoms with Crippen molar-refractivity contribution < 1.29 is 24.2 Å². The first kappa shape index (κ1) is 19.8. The predicted molar refractivity (Wildman–Crippen MR) is 99.1 cm³/mol. The Morgan fingerprint density at radius 2 is 1.96 bits per heavy atom. The number of amides is 2. The highest BCUT2D eigenvalue weighted by Crippen LogP contribution is 2.32. The van der Waals surface area contributed by atoms with Crippen LogP contribution in [0.3, 0.4) is 0 Å². The van der Waals surface area contributed by atoms with Crippen molar-refractivity contribution in [3.8, 4) is 0 Å². The van der Waals surface area contributed by atoms with Crippen LogP contribution in [0.4, 0.5) is 5.69 Å². The third-order valence-electron chi connectivity index (χ3n) is 4.83. The number of hydrogen-bond acceptors (Lipinski definition) is 7. The summed E-state index contributed by atoms with van der Waals surface area (Å²) >= 11 is 0. The minimum absolute atomic E-state index is 0.0243. The first-order chi connectivity index (χ1) is 13.2. The van der Waals surface area contributed by atoms with Gasteiger partial charge in [0.2, 0.25) is 11.8 Å². The molecule has 2 heterocycles. The summed E-state index contributed by atoms with van der Waals surface area (Å²) in [4.78, 5) is 25.6. The number of nitrogens with zero attached hydrogens (tertiary/aromatic N) is 1. The van der Waals surface area contributed by atoms with Crippen LogP contribution in [0.2, 0.25) is 0 Å². The van der Waals surface area contributed by atoms with Gasteiger partial charge in [0.05, 0.1) is 39.1 Å². The molecule has 2 aliphatic rings. The van der Waals surface area contributed by atoms with Crippen LogP contribution in [-0.4, -0.2) is 67.4 Å². The second-order valence-electron chi connectivity index (χ2n) is 6.69. The fourth-order valence-corrected chi connectivity index (χ4v) is 3.51. The van der Waals surface area contributed by atoms with E-state index in [0.717, 1.165) is 12.2 Å². The Morgan fingerprint density at radius 3 is 2.74 bits per heavy atom. The van der Waals surface area contributed by atoms with E-state index in [1.807, 2.05) is 12.1 Å². The summed E-state index contributed by atoms with van der Waals surface area (Å²) in [7, 11) is 0. The zero-order valence-corrected chi connectivity index (χ0v) is 15.4. The molecule has 8 heteroatoms. The Bertz CT molecular complexity index is 667. The second-order valence-corrected chi connectivity index (χ2v) is 6.69. The molecule has 0 aromatic heterocycles. The zero-order valence-electron chi connectivity index (χ0n) is 15.4. The first-order valence-corrected chi connectivity index (χ1v) is 9.37. The Kier molecular flexibility index (Phi) is 7.17. The summed E-state index contributed by atoms with van der Waals surface area (Å²) < 4.78 is 10.6. The highest BCUT2D eigenvalue weighted by atomic mass is 16.5. The molecule has 8 nitrogen and oxygen atoms in total. The van der Waals surface area contributed by atoms with Crippen LogP contribution in [0, 0.1) is 0 Å². The van der Waals surface area contributed by atoms with E-state index in [4.69, 9.17) is 14.6 Å². The van der Waals surface area contributed by atoms with E-state index in [2.05, 4.69) is 21.6 Å². The number of imide groups is 1. The van der Waals surface area contributed by atoms with Gasteiger partial charge in [-0.2, -0.15) is 0 Å². The van der Waals surface area contributed by atoms with Crippen molar-refractivity contribution >= 4 is 17.5 Å². The number of aliphatic hydroxyl groups is 1. The summed E-state index contributed by atoms with van der Waals surface area (Å²) in [6.45, 7) is 3.98. The van der Waals surface area contributed by atoms with E-state index in [9.17, 15) is 9.59 Å². The number of fused-ring (bicyclic) bond motifs is 1. The number of rotatable bonds is 10. The molecule has 1 fully saturated rings. The maximum atomic E-state index is 12.1. The number of aliphatic hydroxyl groups excluding tert-OH is 1. The number of carbonyl (C=O) groups excluding carboxylic acids is 2. The lowest BCUT2D eigenvalue weighted by Crippen LogP contribution is -2.50. The SMILES string of the molecule is O=C1CCC(N2Cc3cccc(NCCOCCOCCO)c3C2)C(=O)N1. The van der Waals surface area contributed by atoms with Gasteiger partial charge in [-0.15, -0.1) is 0 Å². The smallest absolute Gasteiger partial charge is 0.243 e. The van der Waals surface area contributed by atoms with Crippen molar-refractivity contribution in [2.24, 2.45) is 0 Å². The third-order valence-corrected chi connectivity index (χ3v) is 4.83. The minimum Gasteiger partial charge on any atom is -0.394 e. The maximum Gasteiger partial charge on any atom is 0.243 e. The molecule has 0 aliphatic carbocycles. The molecular formula is C19H27N3O5. The molecule has 1 aromatic rings. The number of carbonyl (C=O) groups is 2. The summed E-state index contributed by atoms with van der Waals surface area (Å²) in [5.74, 6) is -0.373. The average Bonchev–Trinajstić information content (AvgIpc) is 3.08. The van der Waals surface area contributed by atoms with Crippen LogP contribution in [0.15, 0.2) is 18.2 Å². The van der Waals surface area contributed by atoms with Gasteiger partial charge in [0.15, 0.2) is 0 Å². The lowest BCUT2D eigenvalue weighted by atomic mass is 10.0. The van der Waals surface area contributed by atoms with Crippen molar-refractivity contribution in [2.75, 3.05) is 44.9 Å². The van der Waals surface area contributed by atoms with Gasteiger partial charge in [0.25, 0.3) is 0 Å². The van der Waals surface area contributed by atoms with E-state index in [1.165, 1.54) is 11.1 Å². The summed E-state index contributed by atoms with van der Waals surface area (Å²) in [6, 6.07) is 5.89. The molecule has 27 heavy (non-hydrogen) atoms. The molecule has 2 amide bonds. The van der Waals surface area contributed by atoms with Gasteiger partial charge in [0.1, 0.15) is 0 Å². The molecule has 1 unspecified atom stereocenters. The lowest BCUT2D eigenvalue weighted by molar-refractivity contribution is -0.137. The molecule has 2 aliphatic heterocycles. The van der Waals surface area contributed by atoms with Crippen LogP contribution >= 0.6 is 0 Å². The van der Waals surface area contributed by atoms with Crippen molar-refractivity contribution in [1.82, 2.24) is 10.2 Å². The highest BCUT2D eigenvalue weighted by molar-refractivity contribution is 6.00. The monoisotopic (exact) mass is 377 g/mol. The Morgan fingerprint density at radius 1 is 1.15 bits per heavy atom. The van der Waals surface area contributed by atoms with Crippen molar-refractivity contribution in [3.05, 3.63) is 29.3 Å². The Labute approximate surface area is 158 Å². The molecule has 1 saturated heterocycles. The molecule has 0 spiro atoms. The molecule has 0 bridgehead atoms. The van der Waals surface area contributed by atoms with Gasteiger partial charge in [-0.25, -0.2) is 0 Å². The largest absolute Gasteiger partial charge is 0.394 e. The van der Waals surface area contributed by atoms with Crippen LogP contribution in [0.5, 0.6) is 0 Å². The van der Waals surface area contributed by atoms with Crippen LogP contribution in [0.25, 0.3) is 0 Å². The van der Waals surface area contributed by atoms with Crippen molar-refractivity contribution in [1.29, 1.82) is 0 Å². The quantitative estimate of drug-likeness (QED) is 0.397. The first-order valence-electron chi connectivity index (χ1n) is 9.37. The predicted octanol–water partition coefficient (Wildman–Crippen LogP) is 0.245. The number of ether oxygens (including phenoxy) is 2. The lowest BCUT2D eigenvalue weighted by Gasteiger charge is -2.29. The van der Waals surface area contributed by atoms with Gasteiger partial charge in [-0.3, -0.25) is 19.8 Å². The third kappa shape index (κ3) is 5.26. The van der Waals surface area contributed by atoms with E-state index >= 15 is 0 Å². The molecular weight excluding hydrogens is 350 g/mol. The van der Waals surface area contributed by atoms with Crippen LogP contribution < -0.4 is 10.6 Å². The van der Waals surface area contributed by atoms with E-state index in [-0.39, 0.29) is 24.5 Å². The van der Waals surface area contributed by atoms with Gasteiger partial charge in [0, 0.05) is 31.7 Å². The summed E-state index contributed by atoms with van der Waals surface area (Å²) in [6.07, 6.45) is 0.974. The summed E-state index contributed by atoms with van der Waals surface area (Å²) in [5.41, 5.74) is 3.47. The molecule has 1 aromatic carbocycles. The summed E-state index contributed by atoms with van der Waals surface area (Å²) in [5, 5.41) is 14.5. The minimum atomic E-state index is -0.245. The molecule has 148 valence electrons. The van der Waals surface area contributed by atoms with Gasteiger partial charge >= 0.3 is 0 Å². The second kappa shape index (κ2) is 9.80. The average molecular weight is 377 g/mol. The van der Waals surface area contributed by atoms with E-state index < -0.39 is 0 Å². The normalized spacial score (nSPS) is 19.8. The van der Waals surface area contributed by atoms with E-state index in [0.29, 0.717) is 52.4 Å². The van der Waals surface area contributed by atoms with Crippen LogP contribution in [-0.2, 0) is 32.2 Å². The van der Waals surface area contributed by atoms with Crippen molar-refractivity contribution in [3.63, 3.8) is 0 Å². The molecule has 3 N–H and O–H groups in total. The molecule has 0 radical (unpaired) electrons. The number of hydrogen-bond donors (Lipinski definition) is 3. The van der Waals surface area contributed by atoms with E-state index in [1.54, 1.807) is 0 Å². The molecule has 0 saturated carbocycles. The topological polar surface area (TPSA) is 100 Å². The van der Waals surface area contributed by atoms with Crippen LogP contribution in [0.1, 0.15) is 24.0 Å². The highest BCUT2D eigenvalue weighted by Gasteiger charge is 2.35. The standard InChI is InChI=1S/C19H27N3O5/c23-7-9-27-11-10-26-8-6-20-16-3-1-2-14-12-22(13-15(14)16)17-4-5-18(24)21-19(17)25/h1-3,17,20,23H,4-13H2,(H,21,24,25). The van der Waals surface area contributed by atoms with Crippen molar-refractivity contribution in [2.45, 2.75) is 32.0 Å². The number of nitrogens with one attached hydrogen (secondary N) is 2. The molecule has 1 atom stereocenters. The van der Waals surface area contributed by atoms with Gasteiger partial charge in [-0.1, -0.05) is 12.1 Å². The Balaban J connectivity index is 1.47. The zero-order chi connectivity index (χ0) is 19.1. The number of piperidine rings is 1. The maximum absolute atomic E-state index is 12.1. The van der Waals surface area contributed by atoms with Gasteiger partial charge < -0.3 is 19.9 Å². The fraction of sp³-hybridized carbons (Fsp3) is 0.579. The fourth-order valence-electron chi connectivity index (χ4n) is 3.51. The molecule has 3 rings (SSSR count).